The molecule has 3 N–H and O–H groups in total. The normalized spacial score (nSPS) is 20.5. The van der Waals surface area contributed by atoms with Gasteiger partial charge >= 0.3 is 6.18 Å². The summed E-state index contributed by atoms with van der Waals surface area (Å²) in [5, 5.41) is 2.86. The molecule has 1 heterocycles. The van der Waals surface area contributed by atoms with Gasteiger partial charge in [0.15, 0.2) is 0 Å². The summed E-state index contributed by atoms with van der Waals surface area (Å²) in [4.78, 5) is 13.4. The van der Waals surface area contributed by atoms with Gasteiger partial charge in [-0.15, -0.1) is 12.4 Å². The number of likely N-dealkylation sites (tertiary alicyclic amines) is 1. The smallest absolute Gasteiger partial charge is 0.352 e. The second kappa shape index (κ2) is 8.19. The number of carbonyl (C=O) groups is 1. The molecule has 0 spiro atoms. The highest BCUT2D eigenvalue weighted by atomic mass is 35.5. The first-order valence-electron chi connectivity index (χ1n) is 7.03. The molecule has 1 aliphatic heterocycles. The number of nitrogens with one attached hydrogen (secondary N) is 1. The molecule has 4 nitrogen and oxygen atoms in total. The highest BCUT2D eigenvalue weighted by molar-refractivity contribution is 5.86. The quantitative estimate of drug-likeness (QED) is 0.811. The predicted molar refractivity (Wildman–Crippen MR) is 78.4 cm³/mol. The number of nitrogens with zero attached hydrogens (tertiary/aromatic N) is 1. The first kappa shape index (κ1) is 20.5. The Bertz CT molecular complexity index is 329. The highest BCUT2D eigenvalue weighted by Gasteiger charge is 2.34. The van der Waals surface area contributed by atoms with Crippen molar-refractivity contribution in [3.8, 4) is 0 Å². The molecular weight excluding hydrogens is 307 g/mol. The monoisotopic (exact) mass is 331 g/mol. The van der Waals surface area contributed by atoms with Crippen LogP contribution in [0.5, 0.6) is 0 Å². The summed E-state index contributed by atoms with van der Waals surface area (Å²) < 4.78 is 36.8. The Hall–Kier alpha value is -0.530. The predicted octanol–water partition coefficient (Wildman–Crippen LogP) is 2.07. The second-order valence-electron chi connectivity index (χ2n) is 5.81. The summed E-state index contributed by atoms with van der Waals surface area (Å²) in [6, 6.07) is -0.0771. The molecule has 0 bridgehead atoms. The summed E-state index contributed by atoms with van der Waals surface area (Å²) in [6.07, 6.45) is -1.70. The van der Waals surface area contributed by atoms with Gasteiger partial charge in [-0.3, -0.25) is 9.69 Å². The standard InChI is InChI=1S/C13H24F3N3O.ClH/c1-3-6-12(2,17)11(20)18-10-4-7-19(8-5-10)9-13(14,15)16;/h10H,3-9,17H2,1-2H3,(H,18,20);1H. The van der Waals surface area contributed by atoms with Gasteiger partial charge < -0.3 is 11.1 Å². The Morgan fingerprint density at radius 3 is 2.29 bits per heavy atom. The summed E-state index contributed by atoms with van der Waals surface area (Å²) >= 11 is 0. The fourth-order valence-electron chi connectivity index (χ4n) is 2.47. The third kappa shape index (κ3) is 7.33. The molecule has 1 saturated heterocycles. The van der Waals surface area contributed by atoms with Crippen LogP contribution in [0.25, 0.3) is 0 Å². The van der Waals surface area contributed by atoms with Crippen LogP contribution in [0.15, 0.2) is 0 Å². The third-order valence-electron chi connectivity index (χ3n) is 3.61. The Morgan fingerprint density at radius 1 is 1.33 bits per heavy atom. The summed E-state index contributed by atoms with van der Waals surface area (Å²) in [5.74, 6) is -0.214. The van der Waals surface area contributed by atoms with Gasteiger partial charge in [0.25, 0.3) is 0 Å². The Labute approximate surface area is 130 Å². The van der Waals surface area contributed by atoms with Crippen LogP contribution >= 0.6 is 12.4 Å². The Kier molecular flexibility index (Phi) is 7.99. The van der Waals surface area contributed by atoms with Crippen LogP contribution in [-0.4, -0.2) is 48.2 Å². The SMILES string of the molecule is CCCC(C)(N)C(=O)NC1CCN(CC(F)(F)F)CC1.Cl. The molecule has 1 amide bonds. The molecule has 0 aromatic carbocycles. The fourth-order valence-corrected chi connectivity index (χ4v) is 2.47. The van der Waals surface area contributed by atoms with Crippen molar-refractivity contribution < 1.29 is 18.0 Å². The minimum atomic E-state index is -4.16. The van der Waals surface area contributed by atoms with E-state index >= 15 is 0 Å². The van der Waals surface area contributed by atoms with Gasteiger partial charge in [0.05, 0.1) is 12.1 Å². The van der Waals surface area contributed by atoms with E-state index in [-0.39, 0.29) is 24.4 Å². The number of nitrogens with two attached hydrogens (primary N) is 1. The first-order chi connectivity index (χ1) is 9.14. The van der Waals surface area contributed by atoms with Gasteiger partial charge in [0, 0.05) is 19.1 Å². The van der Waals surface area contributed by atoms with Gasteiger partial charge in [-0.2, -0.15) is 13.2 Å². The van der Waals surface area contributed by atoms with E-state index in [1.54, 1.807) is 6.92 Å². The molecule has 0 radical (unpaired) electrons. The number of alkyl halides is 3. The third-order valence-corrected chi connectivity index (χ3v) is 3.61. The van der Waals surface area contributed by atoms with Crippen molar-refractivity contribution in [2.24, 2.45) is 5.73 Å². The lowest BCUT2D eigenvalue weighted by atomic mass is 9.95. The van der Waals surface area contributed by atoms with E-state index in [9.17, 15) is 18.0 Å². The van der Waals surface area contributed by atoms with Crippen molar-refractivity contribution in [1.82, 2.24) is 10.2 Å². The Balaban J connectivity index is 0.00000400. The van der Waals surface area contributed by atoms with E-state index in [4.69, 9.17) is 5.73 Å². The number of hydrogen-bond donors (Lipinski definition) is 2. The van der Waals surface area contributed by atoms with Gasteiger partial charge in [-0.25, -0.2) is 0 Å². The average Bonchev–Trinajstić information content (AvgIpc) is 2.29. The minimum Gasteiger partial charge on any atom is -0.352 e. The molecular formula is C13H25ClF3N3O. The van der Waals surface area contributed by atoms with Crippen LogP contribution in [-0.2, 0) is 4.79 Å². The molecule has 1 unspecified atom stereocenters. The zero-order valence-corrected chi connectivity index (χ0v) is 13.3. The van der Waals surface area contributed by atoms with Gasteiger partial charge in [0.1, 0.15) is 0 Å². The van der Waals surface area contributed by atoms with Gasteiger partial charge in [-0.05, 0) is 26.2 Å². The summed E-state index contributed by atoms with van der Waals surface area (Å²) in [7, 11) is 0. The molecule has 126 valence electrons. The zero-order valence-electron chi connectivity index (χ0n) is 12.5. The zero-order chi connectivity index (χ0) is 15.4. The number of hydrogen-bond acceptors (Lipinski definition) is 3. The molecule has 0 aromatic rings. The number of amides is 1. The number of carbonyl (C=O) groups excluding carboxylic acids is 1. The molecule has 1 aliphatic rings. The first-order valence-corrected chi connectivity index (χ1v) is 7.03. The van der Waals surface area contributed by atoms with Crippen molar-refractivity contribution in [1.29, 1.82) is 0 Å². The lowest BCUT2D eigenvalue weighted by Crippen LogP contribution is -2.56. The van der Waals surface area contributed by atoms with E-state index in [1.807, 2.05) is 6.92 Å². The van der Waals surface area contributed by atoms with Crippen LogP contribution in [0.2, 0.25) is 0 Å². The largest absolute Gasteiger partial charge is 0.401 e. The van der Waals surface area contributed by atoms with Crippen molar-refractivity contribution in [2.75, 3.05) is 19.6 Å². The topological polar surface area (TPSA) is 58.4 Å². The van der Waals surface area contributed by atoms with Crippen molar-refractivity contribution >= 4 is 18.3 Å². The minimum absolute atomic E-state index is 0. The molecule has 1 atom stereocenters. The molecule has 1 fully saturated rings. The van der Waals surface area contributed by atoms with E-state index in [1.165, 1.54) is 4.90 Å². The van der Waals surface area contributed by atoms with Crippen molar-refractivity contribution in [2.45, 2.75) is 57.3 Å². The number of halogens is 4. The van der Waals surface area contributed by atoms with E-state index in [0.717, 1.165) is 6.42 Å². The van der Waals surface area contributed by atoms with E-state index in [2.05, 4.69) is 5.32 Å². The van der Waals surface area contributed by atoms with Crippen LogP contribution in [0.3, 0.4) is 0 Å². The molecule has 0 aliphatic carbocycles. The highest BCUT2D eigenvalue weighted by Crippen LogP contribution is 2.20. The van der Waals surface area contributed by atoms with Crippen LogP contribution in [0, 0.1) is 0 Å². The van der Waals surface area contributed by atoms with Crippen molar-refractivity contribution in [3.05, 3.63) is 0 Å². The molecule has 0 saturated carbocycles. The van der Waals surface area contributed by atoms with Crippen LogP contribution in [0.1, 0.15) is 39.5 Å². The second-order valence-corrected chi connectivity index (χ2v) is 5.81. The summed E-state index contributed by atoms with van der Waals surface area (Å²) in [6.45, 7) is 3.45. The lowest BCUT2D eigenvalue weighted by molar-refractivity contribution is -0.148. The van der Waals surface area contributed by atoms with Crippen molar-refractivity contribution in [3.63, 3.8) is 0 Å². The number of rotatable bonds is 5. The molecule has 8 heteroatoms. The molecule has 1 rings (SSSR count). The number of piperidine rings is 1. The maximum atomic E-state index is 12.3. The maximum Gasteiger partial charge on any atom is 0.401 e. The van der Waals surface area contributed by atoms with Crippen LogP contribution < -0.4 is 11.1 Å². The lowest BCUT2D eigenvalue weighted by Gasteiger charge is -2.34. The maximum absolute atomic E-state index is 12.3. The van der Waals surface area contributed by atoms with Gasteiger partial charge in [-0.1, -0.05) is 13.3 Å². The van der Waals surface area contributed by atoms with Crippen LogP contribution in [0.4, 0.5) is 13.2 Å². The van der Waals surface area contributed by atoms with Gasteiger partial charge in [0.2, 0.25) is 5.91 Å². The fraction of sp³-hybridized carbons (Fsp3) is 0.923. The molecule has 0 aromatic heterocycles. The van der Waals surface area contributed by atoms with E-state index in [0.29, 0.717) is 32.4 Å². The average molecular weight is 332 g/mol. The van der Waals surface area contributed by atoms with E-state index < -0.39 is 18.3 Å². The Morgan fingerprint density at radius 2 is 1.86 bits per heavy atom. The molecule has 21 heavy (non-hydrogen) atoms. The summed E-state index contributed by atoms with van der Waals surface area (Å²) in [5.41, 5.74) is 5.02.